The van der Waals surface area contributed by atoms with Crippen LogP contribution in [0.5, 0.6) is 0 Å². The molecule has 0 amide bonds. The minimum Gasteiger partial charge on any atom is -0.321 e. The summed E-state index contributed by atoms with van der Waals surface area (Å²) in [5.74, 6) is 0.492. The third-order valence-corrected chi connectivity index (χ3v) is 1.99. The molecule has 2 aromatic rings. The zero-order valence-electron chi connectivity index (χ0n) is 7.86. The molecule has 0 saturated carbocycles. The van der Waals surface area contributed by atoms with Gasteiger partial charge in [-0.25, -0.2) is 0 Å². The van der Waals surface area contributed by atoms with E-state index in [-0.39, 0.29) is 0 Å². The van der Waals surface area contributed by atoms with Crippen molar-refractivity contribution >= 4 is 11.6 Å². The van der Waals surface area contributed by atoms with E-state index >= 15 is 0 Å². The Morgan fingerprint density at radius 1 is 1.36 bits per heavy atom. The van der Waals surface area contributed by atoms with Gasteiger partial charge in [-0.1, -0.05) is 30.2 Å². The van der Waals surface area contributed by atoms with E-state index in [9.17, 15) is 0 Å². The van der Waals surface area contributed by atoms with Crippen LogP contribution in [0.25, 0.3) is 0 Å². The van der Waals surface area contributed by atoms with Gasteiger partial charge in [0.05, 0.1) is 0 Å². The minimum atomic E-state index is 0.492. The average molecular weight is 189 g/mol. The fourth-order valence-corrected chi connectivity index (χ4v) is 1.29. The van der Waals surface area contributed by atoms with Crippen molar-refractivity contribution in [1.29, 1.82) is 0 Å². The number of hydrogen-bond donors (Lipinski definition) is 2. The van der Waals surface area contributed by atoms with Gasteiger partial charge in [0.25, 0.3) is 5.95 Å². The molecule has 72 valence electrons. The van der Waals surface area contributed by atoms with Gasteiger partial charge >= 0.3 is 0 Å². The number of nitrogens with one attached hydrogen (secondary N) is 2. The largest absolute Gasteiger partial charge is 0.321 e. The Labute approximate surface area is 81.5 Å². The Hall–Kier alpha value is -1.91. The van der Waals surface area contributed by atoms with Crippen molar-refractivity contribution in [3.63, 3.8) is 0 Å². The molecule has 0 unspecified atom stereocenters. The molecule has 5 heteroatoms. The number of nitrogens with zero attached hydrogens (tertiary/aromatic N) is 3. The summed E-state index contributed by atoms with van der Waals surface area (Å²) < 4.78 is 0. The maximum atomic E-state index is 3.83. The summed E-state index contributed by atoms with van der Waals surface area (Å²) in [5, 5.41) is 16.6. The van der Waals surface area contributed by atoms with Gasteiger partial charge in [-0.15, -0.1) is 5.10 Å². The summed E-state index contributed by atoms with van der Waals surface area (Å²) >= 11 is 0. The lowest BCUT2D eigenvalue weighted by molar-refractivity contribution is 0.881. The molecule has 2 N–H and O–H groups in total. The van der Waals surface area contributed by atoms with Gasteiger partial charge in [-0.05, 0) is 23.3 Å². The molecule has 5 nitrogen and oxygen atoms in total. The van der Waals surface area contributed by atoms with Crippen molar-refractivity contribution in [2.45, 2.75) is 13.3 Å². The van der Waals surface area contributed by atoms with Crippen molar-refractivity contribution in [3.05, 3.63) is 29.8 Å². The van der Waals surface area contributed by atoms with Gasteiger partial charge in [0.2, 0.25) is 0 Å². The number of benzene rings is 1. The predicted molar refractivity (Wildman–Crippen MR) is 53.3 cm³/mol. The summed E-state index contributed by atoms with van der Waals surface area (Å²) in [6, 6.07) is 8.05. The number of rotatable bonds is 3. The quantitative estimate of drug-likeness (QED) is 0.768. The molecule has 0 aliphatic heterocycles. The molecular weight excluding hydrogens is 178 g/mol. The van der Waals surface area contributed by atoms with Crippen LogP contribution in [0, 0.1) is 0 Å². The van der Waals surface area contributed by atoms with E-state index in [2.05, 4.69) is 38.9 Å². The molecule has 0 fully saturated rings. The molecule has 0 aliphatic rings. The molecule has 0 radical (unpaired) electrons. The number of anilines is 2. The number of tetrazole rings is 1. The van der Waals surface area contributed by atoms with E-state index < -0.39 is 0 Å². The van der Waals surface area contributed by atoms with E-state index in [1.54, 1.807) is 0 Å². The number of H-pyrrole nitrogens is 1. The molecule has 1 heterocycles. The first kappa shape index (κ1) is 8.68. The number of aromatic amines is 1. The van der Waals surface area contributed by atoms with Crippen molar-refractivity contribution in [3.8, 4) is 0 Å². The lowest BCUT2D eigenvalue weighted by atomic mass is 10.1. The highest BCUT2D eigenvalue weighted by molar-refractivity contribution is 5.57. The highest BCUT2D eigenvalue weighted by Crippen LogP contribution is 2.17. The number of para-hydroxylation sites is 1. The first-order valence-electron chi connectivity index (χ1n) is 4.48. The molecule has 2 rings (SSSR count). The molecule has 0 atom stereocenters. The van der Waals surface area contributed by atoms with E-state index in [0.717, 1.165) is 12.1 Å². The number of aromatic nitrogens is 4. The fraction of sp³-hybridized carbons (Fsp3) is 0.222. The summed E-state index contributed by atoms with van der Waals surface area (Å²) in [6.07, 6.45) is 0.973. The van der Waals surface area contributed by atoms with Crippen molar-refractivity contribution in [1.82, 2.24) is 20.6 Å². The van der Waals surface area contributed by atoms with Gasteiger partial charge in [0, 0.05) is 5.69 Å². The normalized spacial score (nSPS) is 10.1. The van der Waals surface area contributed by atoms with Gasteiger partial charge in [-0.3, -0.25) is 0 Å². The summed E-state index contributed by atoms with van der Waals surface area (Å²) in [5.41, 5.74) is 2.26. The van der Waals surface area contributed by atoms with Crippen LogP contribution in [0.2, 0.25) is 0 Å². The van der Waals surface area contributed by atoms with Gasteiger partial charge in [0.15, 0.2) is 0 Å². The predicted octanol–water partition coefficient (Wildman–Crippen LogP) is 1.51. The summed E-state index contributed by atoms with van der Waals surface area (Å²) in [7, 11) is 0. The monoisotopic (exact) mass is 189 g/mol. The third kappa shape index (κ3) is 1.71. The standard InChI is InChI=1S/C9H11N5/c1-2-7-5-3-4-6-8(7)10-9-11-13-14-12-9/h3-6H,2H2,1H3,(H2,10,11,12,13,14). The second-order valence-electron chi connectivity index (χ2n) is 2.87. The van der Waals surface area contributed by atoms with E-state index in [1.807, 2.05) is 18.2 Å². The summed E-state index contributed by atoms with van der Waals surface area (Å²) in [4.78, 5) is 0. The van der Waals surface area contributed by atoms with Crippen LogP contribution < -0.4 is 5.32 Å². The number of aryl methyl sites for hydroxylation is 1. The Balaban J connectivity index is 2.24. The molecule has 1 aromatic heterocycles. The van der Waals surface area contributed by atoms with Crippen LogP contribution in [0.4, 0.5) is 11.6 Å². The van der Waals surface area contributed by atoms with Crippen LogP contribution in [-0.4, -0.2) is 20.6 Å². The highest BCUT2D eigenvalue weighted by atomic mass is 15.5. The van der Waals surface area contributed by atoms with Crippen LogP contribution in [-0.2, 0) is 6.42 Å². The van der Waals surface area contributed by atoms with Crippen LogP contribution in [0.3, 0.4) is 0 Å². The summed E-state index contributed by atoms with van der Waals surface area (Å²) in [6.45, 7) is 2.11. The number of hydrogen-bond acceptors (Lipinski definition) is 4. The molecular formula is C9H11N5. The van der Waals surface area contributed by atoms with E-state index in [4.69, 9.17) is 0 Å². The van der Waals surface area contributed by atoms with Crippen molar-refractivity contribution < 1.29 is 0 Å². The van der Waals surface area contributed by atoms with E-state index in [1.165, 1.54) is 5.56 Å². The molecule has 0 aliphatic carbocycles. The maximum absolute atomic E-state index is 3.83. The van der Waals surface area contributed by atoms with Crippen molar-refractivity contribution in [2.75, 3.05) is 5.32 Å². The van der Waals surface area contributed by atoms with Crippen LogP contribution in [0.1, 0.15) is 12.5 Å². The van der Waals surface area contributed by atoms with Gasteiger partial charge in [0.1, 0.15) is 0 Å². The Bertz CT molecular complexity index is 395. The van der Waals surface area contributed by atoms with Gasteiger partial charge < -0.3 is 5.32 Å². The van der Waals surface area contributed by atoms with E-state index in [0.29, 0.717) is 5.95 Å². The smallest absolute Gasteiger partial charge is 0.267 e. The lowest BCUT2D eigenvalue weighted by Gasteiger charge is -2.06. The lowest BCUT2D eigenvalue weighted by Crippen LogP contribution is -1.96. The topological polar surface area (TPSA) is 66.5 Å². The SMILES string of the molecule is CCc1ccccc1Nc1nn[nH]n1. The molecule has 0 spiro atoms. The Morgan fingerprint density at radius 2 is 2.21 bits per heavy atom. The van der Waals surface area contributed by atoms with Crippen LogP contribution in [0.15, 0.2) is 24.3 Å². The zero-order valence-corrected chi connectivity index (χ0v) is 7.86. The molecule has 0 bridgehead atoms. The Kier molecular flexibility index (Phi) is 2.40. The average Bonchev–Trinajstić information content (AvgIpc) is 2.71. The second-order valence-corrected chi connectivity index (χ2v) is 2.87. The first-order chi connectivity index (χ1) is 6.90. The highest BCUT2D eigenvalue weighted by Gasteiger charge is 2.01. The molecule has 14 heavy (non-hydrogen) atoms. The molecule has 1 aromatic carbocycles. The van der Waals surface area contributed by atoms with Gasteiger partial charge in [-0.2, -0.15) is 5.21 Å². The zero-order chi connectivity index (χ0) is 9.80. The fourth-order valence-electron chi connectivity index (χ4n) is 1.29. The minimum absolute atomic E-state index is 0.492. The Morgan fingerprint density at radius 3 is 2.93 bits per heavy atom. The maximum Gasteiger partial charge on any atom is 0.267 e. The molecule has 0 saturated heterocycles. The third-order valence-electron chi connectivity index (χ3n) is 1.99. The van der Waals surface area contributed by atoms with Crippen LogP contribution >= 0.6 is 0 Å². The first-order valence-corrected chi connectivity index (χ1v) is 4.48. The van der Waals surface area contributed by atoms with Crippen molar-refractivity contribution in [2.24, 2.45) is 0 Å². The second kappa shape index (κ2) is 3.87.